The van der Waals surface area contributed by atoms with E-state index in [0.29, 0.717) is 40.3 Å². The Hall–Kier alpha value is -3.85. The van der Waals surface area contributed by atoms with Crippen LogP contribution in [0.5, 0.6) is 11.5 Å². The largest absolute Gasteiger partial charge is 0.486 e. The molecule has 0 fully saturated rings. The van der Waals surface area contributed by atoms with Crippen LogP contribution in [0, 0.1) is 4.77 Å². The Morgan fingerprint density at radius 2 is 2.00 bits per heavy atom. The van der Waals surface area contributed by atoms with Gasteiger partial charge in [0.15, 0.2) is 16.3 Å². The normalized spacial score (nSPS) is 14.9. The highest BCUT2D eigenvalue weighted by Gasteiger charge is 2.21. The zero-order valence-corrected chi connectivity index (χ0v) is 17.7. The molecule has 0 radical (unpaired) electrons. The first kappa shape index (κ1) is 20.1. The van der Waals surface area contributed by atoms with Gasteiger partial charge in [-0.2, -0.15) is 0 Å². The van der Waals surface area contributed by atoms with Crippen molar-refractivity contribution in [3.05, 3.63) is 87.3 Å². The molecular formula is C23H19N3O5S. The molecule has 5 rings (SSSR count). The Labute approximate surface area is 187 Å². The SMILES string of the molecule is O=C(NC[C@@H]1COc2ccccc2O1)c1ccc2c(=O)n(Cc3ccco3)c(=S)[nH]c2c1. The van der Waals surface area contributed by atoms with Gasteiger partial charge in [0.2, 0.25) is 0 Å². The quantitative estimate of drug-likeness (QED) is 0.454. The molecule has 9 heteroatoms. The van der Waals surface area contributed by atoms with Crippen molar-refractivity contribution in [2.24, 2.45) is 0 Å². The number of carbonyl (C=O) groups excluding carboxylic acids is 1. The van der Waals surface area contributed by atoms with Gasteiger partial charge in [-0.15, -0.1) is 0 Å². The van der Waals surface area contributed by atoms with Crippen LogP contribution in [0.15, 0.2) is 70.1 Å². The van der Waals surface area contributed by atoms with Crippen molar-refractivity contribution in [2.45, 2.75) is 12.6 Å². The summed E-state index contributed by atoms with van der Waals surface area (Å²) in [6.07, 6.45) is 1.25. The third-order valence-electron chi connectivity index (χ3n) is 5.20. The summed E-state index contributed by atoms with van der Waals surface area (Å²) in [6.45, 7) is 0.856. The molecule has 0 saturated heterocycles. The van der Waals surface area contributed by atoms with Gasteiger partial charge in [-0.3, -0.25) is 14.2 Å². The summed E-state index contributed by atoms with van der Waals surface area (Å²) in [7, 11) is 0. The first-order valence-corrected chi connectivity index (χ1v) is 10.5. The van der Waals surface area contributed by atoms with Crippen molar-refractivity contribution in [3.63, 3.8) is 0 Å². The molecule has 32 heavy (non-hydrogen) atoms. The van der Waals surface area contributed by atoms with Crippen LogP contribution in [-0.2, 0) is 6.54 Å². The Morgan fingerprint density at radius 1 is 1.16 bits per heavy atom. The molecule has 162 valence electrons. The molecule has 1 amide bonds. The number of carbonyl (C=O) groups is 1. The molecule has 4 aromatic rings. The van der Waals surface area contributed by atoms with Gasteiger partial charge >= 0.3 is 0 Å². The minimum absolute atomic E-state index is 0.228. The van der Waals surface area contributed by atoms with Gasteiger partial charge in [0.1, 0.15) is 18.5 Å². The predicted molar refractivity (Wildman–Crippen MR) is 120 cm³/mol. The molecule has 2 aromatic heterocycles. The highest BCUT2D eigenvalue weighted by Crippen LogP contribution is 2.30. The number of H-pyrrole nitrogens is 1. The molecule has 2 N–H and O–H groups in total. The van der Waals surface area contributed by atoms with Gasteiger partial charge in [0.05, 0.1) is 30.3 Å². The molecule has 8 nitrogen and oxygen atoms in total. The van der Waals surface area contributed by atoms with Crippen molar-refractivity contribution in [3.8, 4) is 11.5 Å². The monoisotopic (exact) mass is 449 g/mol. The maximum atomic E-state index is 12.9. The van der Waals surface area contributed by atoms with E-state index in [9.17, 15) is 9.59 Å². The number of amides is 1. The second-order valence-corrected chi connectivity index (χ2v) is 7.76. The number of ether oxygens (including phenoxy) is 2. The van der Waals surface area contributed by atoms with Gasteiger partial charge < -0.3 is 24.2 Å². The van der Waals surface area contributed by atoms with Crippen LogP contribution in [0.3, 0.4) is 0 Å². The van der Waals surface area contributed by atoms with E-state index in [0.717, 1.165) is 0 Å². The molecule has 1 aliphatic heterocycles. The van der Waals surface area contributed by atoms with E-state index in [4.69, 9.17) is 26.1 Å². The third-order valence-corrected chi connectivity index (χ3v) is 5.52. The molecule has 3 heterocycles. The van der Waals surface area contributed by atoms with Crippen LogP contribution in [0.25, 0.3) is 10.9 Å². The van der Waals surface area contributed by atoms with E-state index in [1.165, 1.54) is 4.57 Å². The van der Waals surface area contributed by atoms with Crippen molar-refractivity contribution in [1.82, 2.24) is 14.9 Å². The Bertz CT molecular complexity index is 1410. The summed E-state index contributed by atoms with van der Waals surface area (Å²) in [4.78, 5) is 28.6. The maximum Gasteiger partial charge on any atom is 0.262 e. The maximum absolute atomic E-state index is 12.9. The number of hydrogen-bond acceptors (Lipinski definition) is 6. The number of benzene rings is 2. The van der Waals surface area contributed by atoms with Crippen LogP contribution < -0.4 is 20.3 Å². The topological polar surface area (TPSA) is 98.5 Å². The van der Waals surface area contributed by atoms with Crippen LogP contribution in [-0.4, -0.2) is 34.7 Å². The second-order valence-electron chi connectivity index (χ2n) is 7.37. The number of rotatable bonds is 5. The molecule has 0 aliphatic carbocycles. The van der Waals surface area contributed by atoms with Crippen LogP contribution >= 0.6 is 12.2 Å². The molecular weight excluding hydrogens is 430 g/mol. The van der Waals surface area contributed by atoms with Crippen molar-refractivity contribution in [1.29, 1.82) is 0 Å². The van der Waals surface area contributed by atoms with Crippen molar-refractivity contribution in [2.75, 3.05) is 13.2 Å². The van der Waals surface area contributed by atoms with Crippen molar-refractivity contribution < 1.29 is 18.7 Å². The fourth-order valence-electron chi connectivity index (χ4n) is 3.57. The fourth-order valence-corrected chi connectivity index (χ4v) is 3.83. The Morgan fingerprint density at radius 3 is 2.81 bits per heavy atom. The number of furan rings is 1. The van der Waals surface area contributed by atoms with Gasteiger partial charge in [-0.1, -0.05) is 12.1 Å². The molecule has 0 unspecified atom stereocenters. The van der Waals surface area contributed by atoms with Crippen LogP contribution in [0.1, 0.15) is 16.1 Å². The average molecular weight is 449 g/mol. The van der Waals surface area contributed by atoms with E-state index < -0.39 is 0 Å². The number of nitrogens with zero attached hydrogens (tertiary/aromatic N) is 1. The van der Waals surface area contributed by atoms with E-state index in [1.54, 1.807) is 36.6 Å². The zero-order chi connectivity index (χ0) is 22.1. The number of aromatic nitrogens is 2. The summed E-state index contributed by atoms with van der Waals surface area (Å²) in [5, 5.41) is 3.29. The third kappa shape index (κ3) is 3.90. The Balaban J connectivity index is 1.32. The molecule has 0 spiro atoms. The molecule has 1 aliphatic rings. The van der Waals surface area contributed by atoms with E-state index in [1.807, 2.05) is 24.3 Å². The minimum Gasteiger partial charge on any atom is -0.486 e. The van der Waals surface area contributed by atoms with Gasteiger partial charge in [-0.25, -0.2) is 0 Å². The van der Waals surface area contributed by atoms with Gasteiger partial charge in [0.25, 0.3) is 11.5 Å². The van der Waals surface area contributed by atoms with Gasteiger partial charge in [-0.05, 0) is 54.7 Å². The summed E-state index contributed by atoms with van der Waals surface area (Å²) < 4.78 is 18.5. The lowest BCUT2D eigenvalue weighted by Crippen LogP contribution is -2.40. The minimum atomic E-state index is -0.297. The standard InChI is InChI=1S/C23H19N3O5S/c27-21(24-11-16-13-30-19-5-1-2-6-20(19)31-16)14-7-8-17-18(10-14)25-23(32)26(22(17)28)12-15-4-3-9-29-15/h1-10,16H,11-13H2,(H,24,27)(H,25,32)/t16-/m1/s1. The first-order valence-electron chi connectivity index (χ1n) is 10.0. The summed E-state index contributed by atoms with van der Waals surface area (Å²) >= 11 is 5.35. The van der Waals surface area contributed by atoms with Crippen LogP contribution in [0.4, 0.5) is 0 Å². The lowest BCUT2D eigenvalue weighted by atomic mass is 10.1. The summed E-state index contributed by atoms with van der Waals surface area (Å²) in [5.74, 6) is 1.69. The fraction of sp³-hybridized carbons (Fsp3) is 0.174. The number of hydrogen-bond donors (Lipinski definition) is 2. The first-order chi connectivity index (χ1) is 15.6. The van der Waals surface area contributed by atoms with E-state index >= 15 is 0 Å². The molecule has 2 aromatic carbocycles. The number of aromatic amines is 1. The zero-order valence-electron chi connectivity index (χ0n) is 16.9. The van der Waals surface area contributed by atoms with Crippen LogP contribution in [0.2, 0.25) is 0 Å². The number of para-hydroxylation sites is 2. The summed E-state index contributed by atoms with van der Waals surface area (Å²) in [5.41, 5.74) is 0.650. The second kappa shape index (κ2) is 8.35. The number of nitrogens with one attached hydrogen (secondary N) is 2. The van der Waals surface area contributed by atoms with Crippen molar-refractivity contribution >= 4 is 29.0 Å². The number of fused-ring (bicyclic) bond motifs is 2. The Kier molecular flexibility index (Phi) is 5.24. The van der Waals surface area contributed by atoms with E-state index in [-0.39, 0.29) is 35.4 Å². The highest BCUT2D eigenvalue weighted by atomic mass is 32.1. The molecule has 1 atom stereocenters. The predicted octanol–water partition coefficient (Wildman–Crippen LogP) is 3.27. The summed E-state index contributed by atoms with van der Waals surface area (Å²) in [6, 6.07) is 15.8. The molecule has 0 bridgehead atoms. The smallest absolute Gasteiger partial charge is 0.262 e. The lowest BCUT2D eigenvalue weighted by Gasteiger charge is -2.26. The highest BCUT2D eigenvalue weighted by molar-refractivity contribution is 7.71. The van der Waals surface area contributed by atoms with E-state index in [2.05, 4.69) is 10.3 Å². The average Bonchev–Trinajstić information content (AvgIpc) is 3.33. The van der Waals surface area contributed by atoms with Gasteiger partial charge in [0, 0.05) is 5.56 Å². The lowest BCUT2D eigenvalue weighted by molar-refractivity contribution is 0.0789. The molecule has 0 saturated carbocycles.